The molecule has 2 heterocycles. The largest absolute Gasteiger partial charge is 0.478 e. The van der Waals surface area contributed by atoms with Crippen molar-refractivity contribution in [3.05, 3.63) is 87.6 Å². The van der Waals surface area contributed by atoms with Gasteiger partial charge in [-0.2, -0.15) is 5.10 Å². The Bertz CT molecular complexity index is 945. The first-order valence-electron chi connectivity index (χ1n) is 7.65. The molecule has 25 heavy (non-hydrogen) atoms. The molecular formula is C18H16BrN3O3. The summed E-state index contributed by atoms with van der Waals surface area (Å²) in [7, 11) is 0. The Morgan fingerprint density at radius 1 is 1.08 bits per heavy atom. The van der Waals surface area contributed by atoms with Crippen molar-refractivity contribution in [2.75, 3.05) is 0 Å². The number of carboxylic acids is 1. The van der Waals surface area contributed by atoms with Crippen molar-refractivity contribution in [1.29, 1.82) is 0 Å². The lowest BCUT2D eigenvalue weighted by atomic mass is 10.1. The molecule has 6 nitrogen and oxygen atoms in total. The van der Waals surface area contributed by atoms with Gasteiger partial charge in [0.2, 0.25) is 0 Å². The Labute approximate surface area is 152 Å². The van der Waals surface area contributed by atoms with Crippen LogP contribution in [-0.2, 0) is 18.4 Å². The van der Waals surface area contributed by atoms with Crippen molar-refractivity contribution in [3.8, 4) is 0 Å². The minimum atomic E-state index is -0.982. The molecule has 0 aliphatic carbocycles. The van der Waals surface area contributed by atoms with Crippen LogP contribution in [-0.4, -0.2) is 25.4 Å². The fraction of sp³-hybridized carbons (Fsp3) is 0.167. The highest BCUT2D eigenvalue weighted by molar-refractivity contribution is 9.08. The van der Waals surface area contributed by atoms with Gasteiger partial charge >= 0.3 is 5.97 Å². The summed E-state index contributed by atoms with van der Waals surface area (Å²) >= 11 is 3.26. The molecule has 0 amide bonds. The number of carboxylic acid groups (broad SMARTS) is 1. The molecule has 1 aromatic carbocycles. The number of aromatic nitrogens is 3. The molecule has 2 aromatic heterocycles. The second-order valence-corrected chi connectivity index (χ2v) is 6.17. The molecule has 128 valence electrons. The number of benzene rings is 1. The molecule has 3 rings (SSSR count). The predicted octanol–water partition coefficient (Wildman–Crippen LogP) is 2.73. The predicted molar refractivity (Wildman–Crippen MR) is 97.2 cm³/mol. The number of alkyl halides is 1. The first kappa shape index (κ1) is 17.2. The Hall–Kier alpha value is -2.67. The Kier molecular flexibility index (Phi) is 5.14. The number of carbonyl (C=O) groups is 1. The van der Waals surface area contributed by atoms with Crippen LogP contribution < -0.4 is 5.56 Å². The quantitative estimate of drug-likeness (QED) is 0.644. The van der Waals surface area contributed by atoms with Crippen LogP contribution in [0, 0.1) is 0 Å². The van der Waals surface area contributed by atoms with E-state index in [1.807, 2.05) is 30.3 Å². The lowest BCUT2D eigenvalue weighted by molar-refractivity contribution is 0.0696. The number of rotatable bonds is 6. The zero-order chi connectivity index (χ0) is 17.8. The van der Waals surface area contributed by atoms with Gasteiger partial charge in [-0.15, -0.1) is 0 Å². The topological polar surface area (TPSA) is 77.1 Å². The molecule has 0 spiro atoms. The molecule has 1 N–H and O–H groups in total. The maximum Gasteiger partial charge on any atom is 0.339 e. The second-order valence-electron chi connectivity index (χ2n) is 5.61. The number of aromatic carboxylic acids is 1. The average molecular weight is 402 g/mol. The third kappa shape index (κ3) is 4.06. The van der Waals surface area contributed by atoms with Gasteiger partial charge in [-0.1, -0.05) is 46.3 Å². The van der Waals surface area contributed by atoms with E-state index in [4.69, 9.17) is 0 Å². The zero-order valence-electron chi connectivity index (χ0n) is 13.3. The molecule has 0 fully saturated rings. The van der Waals surface area contributed by atoms with Gasteiger partial charge in [-0.05, 0) is 17.2 Å². The van der Waals surface area contributed by atoms with Gasteiger partial charge in [0.25, 0.3) is 5.56 Å². The SMILES string of the molecule is O=C(O)c1cn(Cc2ccc(Cn3ccccc3=O)cc2)nc1CBr. The maximum absolute atomic E-state index is 11.7. The van der Waals surface area contributed by atoms with E-state index in [0.29, 0.717) is 24.1 Å². The van der Waals surface area contributed by atoms with Gasteiger partial charge in [0.1, 0.15) is 5.56 Å². The van der Waals surface area contributed by atoms with Crippen LogP contribution in [0.3, 0.4) is 0 Å². The van der Waals surface area contributed by atoms with E-state index in [-0.39, 0.29) is 11.1 Å². The van der Waals surface area contributed by atoms with Crippen LogP contribution in [0.1, 0.15) is 27.2 Å². The van der Waals surface area contributed by atoms with Gasteiger partial charge in [0.15, 0.2) is 0 Å². The lowest BCUT2D eigenvalue weighted by Crippen LogP contribution is -2.18. The van der Waals surface area contributed by atoms with Crippen molar-refractivity contribution >= 4 is 21.9 Å². The van der Waals surface area contributed by atoms with Crippen molar-refractivity contribution < 1.29 is 9.90 Å². The van der Waals surface area contributed by atoms with E-state index in [0.717, 1.165) is 11.1 Å². The van der Waals surface area contributed by atoms with Crippen LogP contribution >= 0.6 is 15.9 Å². The normalized spacial score (nSPS) is 10.8. The average Bonchev–Trinajstić information content (AvgIpc) is 3.02. The molecule has 0 aliphatic heterocycles. The number of nitrogens with zero attached hydrogens (tertiary/aromatic N) is 3. The minimum Gasteiger partial charge on any atom is -0.478 e. The summed E-state index contributed by atoms with van der Waals surface area (Å²) in [5, 5.41) is 13.9. The highest BCUT2D eigenvalue weighted by Crippen LogP contribution is 2.13. The third-order valence-electron chi connectivity index (χ3n) is 3.81. The summed E-state index contributed by atoms with van der Waals surface area (Å²) in [6, 6.07) is 12.9. The second kappa shape index (κ2) is 7.48. The van der Waals surface area contributed by atoms with Crippen LogP contribution in [0.25, 0.3) is 0 Å². The zero-order valence-corrected chi connectivity index (χ0v) is 14.9. The molecule has 0 bridgehead atoms. The summed E-state index contributed by atoms with van der Waals surface area (Å²) in [6.45, 7) is 0.997. The smallest absolute Gasteiger partial charge is 0.339 e. The van der Waals surface area contributed by atoms with Crippen LogP contribution in [0.4, 0.5) is 0 Å². The van der Waals surface area contributed by atoms with E-state index in [1.54, 1.807) is 21.5 Å². The van der Waals surface area contributed by atoms with E-state index < -0.39 is 5.97 Å². The fourth-order valence-electron chi connectivity index (χ4n) is 2.54. The molecule has 0 saturated heterocycles. The van der Waals surface area contributed by atoms with Crippen LogP contribution in [0.2, 0.25) is 0 Å². The molecular weight excluding hydrogens is 386 g/mol. The van der Waals surface area contributed by atoms with Gasteiger partial charge in [-0.3, -0.25) is 9.48 Å². The molecule has 0 saturated carbocycles. The monoisotopic (exact) mass is 401 g/mol. The van der Waals surface area contributed by atoms with E-state index in [9.17, 15) is 14.7 Å². The molecule has 0 aliphatic rings. The third-order valence-corrected chi connectivity index (χ3v) is 4.35. The Morgan fingerprint density at radius 3 is 2.32 bits per heavy atom. The number of halogens is 1. The highest BCUT2D eigenvalue weighted by atomic mass is 79.9. The van der Waals surface area contributed by atoms with Crippen LogP contribution in [0.15, 0.2) is 59.7 Å². The number of pyridine rings is 1. The minimum absolute atomic E-state index is 0.0355. The summed E-state index contributed by atoms with van der Waals surface area (Å²) in [6.07, 6.45) is 3.30. The first-order valence-corrected chi connectivity index (χ1v) is 8.78. The molecule has 0 radical (unpaired) electrons. The van der Waals surface area contributed by atoms with E-state index >= 15 is 0 Å². The van der Waals surface area contributed by atoms with Crippen molar-refractivity contribution in [2.45, 2.75) is 18.4 Å². The summed E-state index contributed by atoms with van der Waals surface area (Å²) in [4.78, 5) is 22.9. The van der Waals surface area contributed by atoms with Crippen molar-refractivity contribution in [2.24, 2.45) is 0 Å². The van der Waals surface area contributed by atoms with Gasteiger partial charge < -0.3 is 9.67 Å². The summed E-state index contributed by atoms with van der Waals surface area (Å²) in [5.41, 5.74) is 2.70. The summed E-state index contributed by atoms with van der Waals surface area (Å²) < 4.78 is 3.26. The number of hydrogen-bond acceptors (Lipinski definition) is 3. The van der Waals surface area contributed by atoms with Crippen molar-refractivity contribution in [3.63, 3.8) is 0 Å². The van der Waals surface area contributed by atoms with Gasteiger partial charge in [-0.25, -0.2) is 4.79 Å². The van der Waals surface area contributed by atoms with Gasteiger partial charge in [0, 0.05) is 23.8 Å². The van der Waals surface area contributed by atoms with Gasteiger partial charge in [0.05, 0.1) is 18.8 Å². The van der Waals surface area contributed by atoms with E-state index in [2.05, 4.69) is 21.0 Å². The number of hydrogen-bond donors (Lipinski definition) is 1. The molecule has 3 aromatic rings. The first-order chi connectivity index (χ1) is 12.1. The Morgan fingerprint density at radius 2 is 1.76 bits per heavy atom. The Balaban J connectivity index is 1.74. The summed E-state index contributed by atoms with van der Waals surface area (Å²) in [5.74, 6) is -0.982. The highest BCUT2D eigenvalue weighted by Gasteiger charge is 2.14. The fourth-order valence-corrected chi connectivity index (χ4v) is 2.96. The molecule has 0 unspecified atom stereocenters. The molecule has 7 heteroatoms. The maximum atomic E-state index is 11.7. The lowest BCUT2D eigenvalue weighted by Gasteiger charge is -2.07. The van der Waals surface area contributed by atoms with E-state index in [1.165, 1.54) is 12.3 Å². The molecule has 0 atom stereocenters. The van der Waals surface area contributed by atoms with Crippen molar-refractivity contribution in [1.82, 2.24) is 14.3 Å². The standard InChI is InChI=1S/C18H16BrN3O3/c19-9-16-15(18(24)25)12-22(20-16)11-14-6-4-13(5-7-14)10-21-8-2-1-3-17(21)23/h1-8,12H,9-11H2,(H,24,25). The van der Waals surface area contributed by atoms with Crippen LogP contribution in [0.5, 0.6) is 0 Å².